The molecule has 0 fully saturated rings. The molecule has 0 aliphatic carbocycles. The van der Waals surface area contributed by atoms with Gasteiger partial charge in [0.25, 0.3) is 7.82 Å². The highest BCUT2D eigenvalue weighted by Gasteiger charge is 2.38. The number of hydrogen-bond donors (Lipinski definition) is 0. The number of nitrogens with zero attached hydrogens (tertiary/aromatic N) is 3. The van der Waals surface area contributed by atoms with Crippen LogP contribution in [0.1, 0.15) is 174 Å². The molecular weight excluding hydrogens is 657 g/mol. The fourth-order valence-corrected chi connectivity index (χ4v) is 6.55. The Balaban J connectivity index is 2.39. The second-order valence-corrected chi connectivity index (χ2v) is 16.7. The van der Waals surface area contributed by atoms with Crippen LogP contribution in [-0.2, 0) is 32.7 Å². The van der Waals surface area contributed by atoms with Crippen LogP contribution in [0, 0.1) is 0 Å². The molecule has 0 saturated carbocycles. The molecule has 0 radical (unpaired) electrons. The lowest BCUT2D eigenvalue weighted by atomic mass is 9.98. The van der Waals surface area contributed by atoms with E-state index in [1.165, 1.54) is 103 Å². The SMILES string of the molecule is CCCCCCCCCCCCCCCC(=O)OCC(COP(=O)([O-])OCC[N+](C)(C)C)OC(=O)CCCC1(CCCCCCCCC)N=N1. The first kappa shape index (κ1) is 46.6. The van der Waals surface area contributed by atoms with Crippen LogP contribution < -0.4 is 4.89 Å². The van der Waals surface area contributed by atoms with Gasteiger partial charge in [0, 0.05) is 12.8 Å². The monoisotopic (exact) mass is 732 g/mol. The highest BCUT2D eigenvalue weighted by molar-refractivity contribution is 7.45. The third-order valence-electron chi connectivity index (χ3n) is 9.16. The van der Waals surface area contributed by atoms with Gasteiger partial charge in [-0.3, -0.25) is 14.2 Å². The molecule has 1 rings (SSSR count). The molecule has 0 aromatic heterocycles. The van der Waals surface area contributed by atoms with E-state index in [0.717, 1.165) is 32.1 Å². The average molecular weight is 732 g/mol. The third kappa shape index (κ3) is 28.2. The molecule has 0 N–H and O–H groups in total. The topological polar surface area (TPSA) is 136 Å². The van der Waals surface area contributed by atoms with Gasteiger partial charge in [0.05, 0.1) is 27.7 Å². The summed E-state index contributed by atoms with van der Waals surface area (Å²) in [6.07, 6.45) is 25.8. The van der Waals surface area contributed by atoms with Gasteiger partial charge >= 0.3 is 11.9 Å². The molecule has 0 aromatic rings. The number of quaternary nitrogens is 1. The van der Waals surface area contributed by atoms with Crippen LogP contribution in [0.25, 0.3) is 0 Å². The summed E-state index contributed by atoms with van der Waals surface area (Å²) < 4.78 is 33.9. The van der Waals surface area contributed by atoms with Gasteiger partial charge in [-0.2, -0.15) is 10.2 Å². The number of carbonyl (C=O) groups excluding carboxylic acids is 2. The van der Waals surface area contributed by atoms with Crippen molar-refractivity contribution in [3.05, 3.63) is 0 Å². The average Bonchev–Trinajstić information content (AvgIpc) is 3.82. The van der Waals surface area contributed by atoms with E-state index in [1.807, 2.05) is 21.1 Å². The molecule has 0 spiro atoms. The Labute approximate surface area is 305 Å². The van der Waals surface area contributed by atoms with Crippen molar-refractivity contribution in [2.45, 2.75) is 186 Å². The van der Waals surface area contributed by atoms with Crippen LogP contribution in [-0.4, -0.2) is 75.7 Å². The molecule has 50 heavy (non-hydrogen) atoms. The first-order chi connectivity index (χ1) is 23.9. The Kier molecular flexibility index (Phi) is 26.3. The Bertz CT molecular complexity index is 953. The zero-order valence-corrected chi connectivity index (χ0v) is 33.5. The van der Waals surface area contributed by atoms with Crippen molar-refractivity contribution in [2.75, 3.05) is 47.5 Å². The van der Waals surface area contributed by atoms with Gasteiger partial charge in [-0.05, 0) is 32.1 Å². The lowest BCUT2D eigenvalue weighted by Gasteiger charge is -2.28. The lowest BCUT2D eigenvalue weighted by Crippen LogP contribution is -2.37. The minimum absolute atomic E-state index is 0.0421. The van der Waals surface area contributed by atoms with E-state index in [-0.39, 0.29) is 31.7 Å². The first-order valence-electron chi connectivity index (χ1n) is 20.1. The summed E-state index contributed by atoms with van der Waals surface area (Å²) in [5.41, 5.74) is -0.367. The van der Waals surface area contributed by atoms with E-state index >= 15 is 0 Å². The fraction of sp³-hybridized carbons (Fsp3) is 0.947. The van der Waals surface area contributed by atoms with Crippen molar-refractivity contribution in [2.24, 2.45) is 10.2 Å². The minimum Gasteiger partial charge on any atom is -0.756 e. The molecule has 2 atom stereocenters. The van der Waals surface area contributed by atoms with E-state index in [1.54, 1.807) is 0 Å². The summed E-state index contributed by atoms with van der Waals surface area (Å²) in [5, 5.41) is 8.53. The Morgan fingerprint density at radius 3 is 1.60 bits per heavy atom. The van der Waals surface area contributed by atoms with Crippen LogP contribution in [0.5, 0.6) is 0 Å². The van der Waals surface area contributed by atoms with Gasteiger partial charge in [0.2, 0.25) is 0 Å². The van der Waals surface area contributed by atoms with E-state index in [9.17, 15) is 19.0 Å². The Hall–Kier alpha value is -1.39. The largest absolute Gasteiger partial charge is 0.756 e. The number of carbonyl (C=O) groups is 2. The highest BCUT2D eigenvalue weighted by Crippen LogP contribution is 2.39. The summed E-state index contributed by atoms with van der Waals surface area (Å²) in [4.78, 5) is 37.6. The first-order valence-corrected chi connectivity index (χ1v) is 21.6. The fourth-order valence-electron chi connectivity index (χ4n) is 5.82. The second-order valence-electron chi connectivity index (χ2n) is 15.3. The molecule has 12 heteroatoms. The number of hydrogen-bond acceptors (Lipinski definition) is 10. The van der Waals surface area contributed by atoms with Gasteiger partial charge in [-0.15, -0.1) is 0 Å². The standard InChI is InChI=1S/C38H74N3O8P/c1-6-8-10-12-14-15-16-17-18-19-20-22-24-27-36(42)46-33-35(34-48-50(44,45)47-32-31-41(3,4)5)49-37(43)28-26-30-38(39-40-38)29-25-23-21-13-11-9-7-2/h35H,6-34H2,1-5H3. The molecule has 1 aliphatic rings. The van der Waals surface area contributed by atoms with Crippen molar-refractivity contribution in [3.8, 4) is 0 Å². The zero-order valence-electron chi connectivity index (χ0n) is 32.6. The number of likely N-dealkylation sites (N-methyl/N-ethyl adjacent to an activating group) is 1. The smallest absolute Gasteiger partial charge is 0.306 e. The number of ether oxygens (including phenoxy) is 2. The number of esters is 2. The summed E-state index contributed by atoms with van der Waals surface area (Å²) in [7, 11) is 1.12. The molecule has 294 valence electrons. The maximum absolute atomic E-state index is 12.7. The van der Waals surface area contributed by atoms with Crippen LogP contribution in [0.3, 0.4) is 0 Å². The van der Waals surface area contributed by atoms with Gasteiger partial charge in [-0.25, -0.2) is 0 Å². The molecule has 0 bridgehead atoms. The quantitative estimate of drug-likeness (QED) is 0.0269. The summed E-state index contributed by atoms with van der Waals surface area (Å²) in [5.74, 6) is -0.910. The molecule has 1 heterocycles. The summed E-state index contributed by atoms with van der Waals surface area (Å²) in [6.45, 7) is 4.11. The summed E-state index contributed by atoms with van der Waals surface area (Å²) >= 11 is 0. The van der Waals surface area contributed by atoms with Crippen LogP contribution >= 0.6 is 7.82 Å². The molecule has 11 nitrogen and oxygen atoms in total. The second kappa shape index (κ2) is 28.2. The van der Waals surface area contributed by atoms with Crippen LogP contribution in [0.15, 0.2) is 10.2 Å². The maximum atomic E-state index is 12.7. The molecule has 1 aliphatic heterocycles. The van der Waals surface area contributed by atoms with Gasteiger partial charge < -0.3 is 27.9 Å². The highest BCUT2D eigenvalue weighted by atomic mass is 31.2. The van der Waals surface area contributed by atoms with Crippen molar-refractivity contribution >= 4 is 19.8 Å². The van der Waals surface area contributed by atoms with Crippen LogP contribution in [0.2, 0.25) is 0 Å². The number of phosphoric acid groups is 1. The van der Waals surface area contributed by atoms with Crippen molar-refractivity contribution in [1.82, 2.24) is 0 Å². The Morgan fingerprint density at radius 2 is 1.10 bits per heavy atom. The maximum Gasteiger partial charge on any atom is 0.306 e. The van der Waals surface area contributed by atoms with Crippen LogP contribution in [0.4, 0.5) is 0 Å². The van der Waals surface area contributed by atoms with Crippen molar-refractivity contribution in [3.63, 3.8) is 0 Å². The predicted molar refractivity (Wildman–Crippen MR) is 198 cm³/mol. The van der Waals surface area contributed by atoms with Gasteiger partial charge in [0.1, 0.15) is 19.8 Å². The van der Waals surface area contributed by atoms with Gasteiger partial charge in [-0.1, -0.05) is 129 Å². The molecular formula is C38H74N3O8P. The zero-order chi connectivity index (χ0) is 37.0. The van der Waals surface area contributed by atoms with E-state index in [4.69, 9.17) is 18.5 Å². The van der Waals surface area contributed by atoms with E-state index < -0.39 is 32.5 Å². The predicted octanol–water partition coefficient (Wildman–Crippen LogP) is 9.60. The molecule has 0 aromatic carbocycles. The van der Waals surface area contributed by atoms with E-state index in [0.29, 0.717) is 23.9 Å². The lowest BCUT2D eigenvalue weighted by molar-refractivity contribution is -0.870. The number of unbranched alkanes of at least 4 members (excludes halogenated alkanes) is 18. The third-order valence-corrected chi connectivity index (χ3v) is 10.1. The normalized spacial score (nSPS) is 15.5. The van der Waals surface area contributed by atoms with Crippen molar-refractivity contribution < 1.29 is 42.1 Å². The molecule has 0 saturated heterocycles. The molecule has 2 unspecified atom stereocenters. The number of rotatable bonds is 36. The van der Waals surface area contributed by atoms with Crippen molar-refractivity contribution in [1.29, 1.82) is 0 Å². The number of phosphoric ester groups is 1. The van der Waals surface area contributed by atoms with Gasteiger partial charge in [0.15, 0.2) is 11.8 Å². The summed E-state index contributed by atoms with van der Waals surface area (Å²) in [6, 6.07) is 0. The molecule has 0 amide bonds. The minimum atomic E-state index is -4.64. The van der Waals surface area contributed by atoms with E-state index in [2.05, 4.69) is 24.1 Å². The Morgan fingerprint density at radius 1 is 0.640 bits per heavy atom.